The van der Waals surface area contributed by atoms with Crippen molar-refractivity contribution in [3.05, 3.63) is 46.4 Å². The van der Waals surface area contributed by atoms with Gasteiger partial charge >= 0.3 is 0 Å². The van der Waals surface area contributed by atoms with Crippen LogP contribution in [0.15, 0.2) is 46.0 Å². The second-order valence-corrected chi connectivity index (χ2v) is 6.12. The molecule has 3 aromatic rings. The maximum absolute atomic E-state index is 12.1. The number of ether oxygens (including phenoxy) is 2. The van der Waals surface area contributed by atoms with Crippen LogP contribution in [0.3, 0.4) is 0 Å². The van der Waals surface area contributed by atoms with Crippen molar-refractivity contribution in [1.29, 1.82) is 0 Å². The fourth-order valence-electron chi connectivity index (χ4n) is 2.40. The van der Waals surface area contributed by atoms with Crippen LogP contribution in [0.4, 0.5) is 0 Å². The normalized spacial score (nSPS) is 11.0. The molecular weight excluding hydrogens is 402 g/mol. The Morgan fingerprint density at radius 1 is 1.31 bits per heavy atom. The average molecular weight is 418 g/mol. The number of carbonyl (C=O) groups excluding carboxylic acids is 1. The number of hydrogen-bond acceptors (Lipinski definition) is 6. The van der Waals surface area contributed by atoms with Crippen molar-refractivity contribution in [3.8, 4) is 11.5 Å². The number of hydrogen-bond donors (Lipinski definition) is 1. The SMILES string of the molecule is COc1cc(C=NNC(=O)Cn2nnc3ccccc32)cc(Br)c1OC. The van der Waals surface area contributed by atoms with E-state index in [0.717, 1.165) is 21.1 Å². The van der Waals surface area contributed by atoms with Crippen molar-refractivity contribution in [2.75, 3.05) is 14.2 Å². The van der Waals surface area contributed by atoms with E-state index in [1.54, 1.807) is 20.3 Å². The van der Waals surface area contributed by atoms with E-state index in [9.17, 15) is 4.79 Å². The molecule has 0 unspecified atom stereocenters. The standard InChI is InChI=1S/C17H16BrN5O3/c1-25-15-8-11(7-12(18)17(15)26-2)9-19-21-16(24)10-23-14-6-4-3-5-13(14)20-22-23/h3-9H,10H2,1-2H3,(H,21,24). The van der Waals surface area contributed by atoms with Crippen LogP contribution in [-0.4, -0.2) is 41.3 Å². The predicted molar refractivity (Wildman–Crippen MR) is 101 cm³/mol. The van der Waals surface area contributed by atoms with E-state index in [-0.39, 0.29) is 12.5 Å². The summed E-state index contributed by atoms with van der Waals surface area (Å²) in [5.74, 6) is 0.840. The Labute approximate surface area is 157 Å². The molecule has 0 bridgehead atoms. The van der Waals surface area contributed by atoms with Crippen molar-refractivity contribution < 1.29 is 14.3 Å². The van der Waals surface area contributed by atoms with Gasteiger partial charge in [-0.15, -0.1) is 5.10 Å². The highest BCUT2D eigenvalue weighted by Gasteiger charge is 2.10. The topological polar surface area (TPSA) is 90.6 Å². The molecule has 0 radical (unpaired) electrons. The summed E-state index contributed by atoms with van der Waals surface area (Å²) in [5, 5.41) is 12.0. The monoisotopic (exact) mass is 417 g/mol. The van der Waals surface area contributed by atoms with Gasteiger partial charge in [-0.05, 0) is 45.8 Å². The first-order valence-corrected chi connectivity index (χ1v) is 8.43. The summed E-state index contributed by atoms with van der Waals surface area (Å²) < 4.78 is 12.8. The highest BCUT2D eigenvalue weighted by Crippen LogP contribution is 2.35. The molecule has 0 saturated carbocycles. The Kier molecular flexibility index (Phi) is 5.47. The number of fused-ring (bicyclic) bond motifs is 1. The van der Waals surface area contributed by atoms with E-state index in [2.05, 4.69) is 36.8 Å². The lowest BCUT2D eigenvalue weighted by atomic mass is 10.2. The van der Waals surface area contributed by atoms with E-state index in [0.29, 0.717) is 11.5 Å². The van der Waals surface area contributed by atoms with Crippen LogP contribution in [0, 0.1) is 0 Å². The molecule has 8 nitrogen and oxygen atoms in total. The second kappa shape index (κ2) is 7.96. The van der Waals surface area contributed by atoms with E-state index in [1.807, 2.05) is 30.3 Å². The van der Waals surface area contributed by atoms with Crippen LogP contribution in [0.2, 0.25) is 0 Å². The molecule has 0 aliphatic rings. The van der Waals surface area contributed by atoms with E-state index in [4.69, 9.17) is 9.47 Å². The molecule has 0 spiro atoms. The molecule has 0 fully saturated rings. The fourth-order valence-corrected chi connectivity index (χ4v) is 3.02. The summed E-state index contributed by atoms with van der Waals surface area (Å²) in [5.41, 5.74) is 4.73. The summed E-state index contributed by atoms with van der Waals surface area (Å²) >= 11 is 3.41. The van der Waals surface area contributed by atoms with Crippen molar-refractivity contribution in [1.82, 2.24) is 20.4 Å². The van der Waals surface area contributed by atoms with Crippen molar-refractivity contribution >= 4 is 39.1 Å². The number of nitrogens with one attached hydrogen (secondary N) is 1. The van der Waals surface area contributed by atoms with E-state index >= 15 is 0 Å². The van der Waals surface area contributed by atoms with Crippen LogP contribution in [0.1, 0.15) is 5.56 Å². The van der Waals surface area contributed by atoms with Gasteiger partial charge in [-0.1, -0.05) is 17.3 Å². The van der Waals surface area contributed by atoms with Gasteiger partial charge in [0.15, 0.2) is 11.5 Å². The number of hydrazone groups is 1. The maximum atomic E-state index is 12.1. The van der Waals surface area contributed by atoms with Crippen molar-refractivity contribution in [2.24, 2.45) is 5.10 Å². The lowest BCUT2D eigenvalue weighted by Gasteiger charge is -2.10. The Morgan fingerprint density at radius 3 is 2.88 bits per heavy atom. The molecule has 0 atom stereocenters. The molecular formula is C17H16BrN5O3. The summed E-state index contributed by atoms with van der Waals surface area (Å²) in [7, 11) is 3.11. The quantitative estimate of drug-likeness (QED) is 0.490. The Balaban J connectivity index is 1.67. The molecule has 1 aromatic heterocycles. The number of carbonyl (C=O) groups is 1. The molecule has 134 valence electrons. The van der Waals surface area contributed by atoms with Gasteiger partial charge in [-0.2, -0.15) is 5.10 Å². The van der Waals surface area contributed by atoms with Crippen LogP contribution >= 0.6 is 15.9 Å². The van der Waals surface area contributed by atoms with Gasteiger partial charge in [0.2, 0.25) is 0 Å². The highest BCUT2D eigenvalue weighted by atomic mass is 79.9. The Bertz CT molecular complexity index is 970. The summed E-state index contributed by atoms with van der Waals surface area (Å²) in [4.78, 5) is 12.1. The third-order valence-electron chi connectivity index (χ3n) is 3.57. The average Bonchev–Trinajstić information content (AvgIpc) is 3.04. The van der Waals surface area contributed by atoms with E-state index < -0.39 is 0 Å². The van der Waals surface area contributed by atoms with Gasteiger partial charge in [0, 0.05) is 0 Å². The fraction of sp³-hybridized carbons (Fsp3) is 0.176. The number of methoxy groups -OCH3 is 2. The molecule has 0 saturated heterocycles. The van der Waals surface area contributed by atoms with Gasteiger partial charge < -0.3 is 9.47 Å². The van der Waals surface area contributed by atoms with Crippen LogP contribution in [0.25, 0.3) is 11.0 Å². The number of amides is 1. The first kappa shape index (κ1) is 17.9. The van der Waals surface area contributed by atoms with Gasteiger partial charge in [0.25, 0.3) is 5.91 Å². The van der Waals surface area contributed by atoms with Gasteiger partial charge in [0.1, 0.15) is 12.1 Å². The maximum Gasteiger partial charge on any atom is 0.261 e. The lowest BCUT2D eigenvalue weighted by Crippen LogP contribution is -2.23. The molecule has 3 rings (SSSR count). The van der Waals surface area contributed by atoms with Crippen molar-refractivity contribution in [3.63, 3.8) is 0 Å². The lowest BCUT2D eigenvalue weighted by molar-refractivity contribution is -0.121. The van der Waals surface area contributed by atoms with E-state index in [1.165, 1.54) is 10.9 Å². The second-order valence-electron chi connectivity index (χ2n) is 5.27. The number of halogens is 1. The summed E-state index contributed by atoms with van der Waals surface area (Å²) in [6, 6.07) is 11.0. The minimum Gasteiger partial charge on any atom is -0.493 e. The minimum atomic E-state index is -0.309. The zero-order chi connectivity index (χ0) is 18.5. The third kappa shape index (κ3) is 3.83. The first-order valence-electron chi connectivity index (χ1n) is 7.64. The molecule has 2 aromatic carbocycles. The molecule has 1 heterocycles. The van der Waals surface area contributed by atoms with Gasteiger partial charge in [0.05, 0.1) is 30.4 Å². The number of para-hydroxylation sites is 1. The van der Waals surface area contributed by atoms with Gasteiger partial charge in [-0.3, -0.25) is 4.79 Å². The minimum absolute atomic E-state index is 0.0213. The number of nitrogens with zero attached hydrogens (tertiary/aromatic N) is 4. The largest absolute Gasteiger partial charge is 0.493 e. The van der Waals surface area contributed by atoms with Crippen LogP contribution < -0.4 is 14.9 Å². The summed E-state index contributed by atoms with van der Waals surface area (Å²) in [6.07, 6.45) is 1.52. The smallest absolute Gasteiger partial charge is 0.261 e. The Hall–Kier alpha value is -2.94. The molecule has 1 N–H and O–H groups in total. The molecule has 26 heavy (non-hydrogen) atoms. The zero-order valence-corrected chi connectivity index (χ0v) is 15.7. The highest BCUT2D eigenvalue weighted by molar-refractivity contribution is 9.10. The molecule has 0 aliphatic heterocycles. The number of aromatic nitrogens is 3. The van der Waals surface area contributed by atoms with Crippen LogP contribution in [-0.2, 0) is 11.3 Å². The zero-order valence-electron chi connectivity index (χ0n) is 14.1. The predicted octanol–water partition coefficient (Wildman–Crippen LogP) is 2.36. The molecule has 1 amide bonds. The van der Waals surface area contributed by atoms with Crippen LogP contribution in [0.5, 0.6) is 11.5 Å². The van der Waals surface area contributed by atoms with Gasteiger partial charge in [-0.25, -0.2) is 10.1 Å². The molecule has 9 heteroatoms. The third-order valence-corrected chi connectivity index (χ3v) is 4.16. The molecule has 0 aliphatic carbocycles. The first-order chi connectivity index (χ1) is 12.6. The summed E-state index contributed by atoms with van der Waals surface area (Å²) in [6.45, 7) is 0.0213. The Morgan fingerprint density at radius 2 is 2.12 bits per heavy atom. The number of benzene rings is 2. The number of rotatable bonds is 6. The van der Waals surface area contributed by atoms with Crippen molar-refractivity contribution in [2.45, 2.75) is 6.54 Å².